The van der Waals surface area contributed by atoms with Crippen molar-refractivity contribution in [2.45, 2.75) is 32.6 Å². The van der Waals surface area contributed by atoms with E-state index in [1.165, 1.54) is 39.7 Å². The molecule has 0 unspecified atom stereocenters. The van der Waals surface area contributed by atoms with Gasteiger partial charge in [0.1, 0.15) is 5.01 Å². The van der Waals surface area contributed by atoms with Gasteiger partial charge in [-0.25, -0.2) is 4.98 Å². The zero-order valence-electron chi connectivity index (χ0n) is 9.96. The average Bonchev–Trinajstić information content (AvgIpc) is 3.04. The minimum absolute atomic E-state index is 0.748. The van der Waals surface area contributed by atoms with E-state index in [2.05, 4.69) is 47.3 Å². The molecule has 88 valence electrons. The Morgan fingerprint density at radius 3 is 2.47 bits per heavy atom. The van der Waals surface area contributed by atoms with Crippen LogP contribution < -0.4 is 0 Å². The van der Waals surface area contributed by atoms with Crippen LogP contribution in [0.15, 0.2) is 22.0 Å². The zero-order valence-corrected chi connectivity index (χ0v) is 12.4. The molecule has 2 aromatic rings. The molecule has 1 heterocycles. The van der Waals surface area contributed by atoms with Gasteiger partial charge in [0.25, 0.3) is 0 Å². The maximum Gasteiger partial charge on any atom is 0.123 e. The highest BCUT2D eigenvalue weighted by molar-refractivity contribution is 9.10. The van der Waals surface area contributed by atoms with Gasteiger partial charge in [0.15, 0.2) is 0 Å². The molecule has 0 spiro atoms. The van der Waals surface area contributed by atoms with Crippen LogP contribution in [-0.4, -0.2) is 4.98 Å². The van der Waals surface area contributed by atoms with E-state index in [-0.39, 0.29) is 0 Å². The summed E-state index contributed by atoms with van der Waals surface area (Å²) in [5.41, 5.74) is 5.11. The standard InChI is InChI=1S/C14H14BrNS/c1-8-5-11(6-9(2)13(8)15)14-16-12(7-17-14)10-3-4-10/h5-7,10H,3-4H2,1-2H3. The van der Waals surface area contributed by atoms with Crippen molar-refractivity contribution in [3.8, 4) is 10.6 Å². The smallest absolute Gasteiger partial charge is 0.123 e. The van der Waals surface area contributed by atoms with Crippen molar-refractivity contribution in [1.82, 2.24) is 4.98 Å². The first-order valence-corrected chi connectivity index (χ1v) is 7.55. The first-order chi connectivity index (χ1) is 8.15. The molecule has 0 amide bonds. The summed E-state index contributed by atoms with van der Waals surface area (Å²) in [6.07, 6.45) is 2.64. The molecule has 1 aliphatic carbocycles. The summed E-state index contributed by atoms with van der Waals surface area (Å²) in [7, 11) is 0. The third-order valence-electron chi connectivity index (χ3n) is 3.20. The fourth-order valence-electron chi connectivity index (χ4n) is 2.05. The molecule has 0 saturated heterocycles. The van der Waals surface area contributed by atoms with Crippen molar-refractivity contribution in [3.05, 3.63) is 38.8 Å². The zero-order chi connectivity index (χ0) is 12.0. The Kier molecular flexibility index (Phi) is 2.83. The van der Waals surface area contributed by atoms with Gasteiger partial charge in [-0.05, 0) is 49.9 Å². The minimum atomic E-state index is 0.748. The van der Waals surface area contributed by atoms with Crippen molar-refractivity contribution in [2.24, 2.45) is 0 Å². The molecule has 0 radical (unpaired) electrons. The molecule has 0 aliphatic heterocycles. The molecule has 0 atom stereocenters. The predicted molar refractivity (Wildman–Crippen MR) is 76.7 cm³/mol. The normalized spacial score (nSPS) is 15.2. The van der Waals surface area contributed by atoms with Gasteiger partial charge in [-0.2, -0.15) is 0 Å². The number of rotatable bonds is 2. The van der Waals surface area contributed by atoms with Crippen LogP contribution >= 0.6 is 27.3 Å². The lowest BCUT2D eigenvalue weighted by Gasteiger charge is -2.05. The van der Waals surface area contributed by atoms with Crippen LogP contribution in [0.2, 0.25) is 0 Å². The van der Waals surface area contributed by atoms with Gasteiger partial charge in [-0.1, -0.05) is 15.9 Å². The number of hydrogen-bond acceptors (Lipinski definition) is 2. The number of aromatic nitrogens is 1. The highest BCUT2D eigenvalue weighted by Crippen LogP contribution is 2.41. The van der Waals surface area contributed by atoms with E-state index in [9.17, 15) is 0 Å². The van der Waals surface area contributed by atoms with E-state index in [4.69, 9.17) is 4.98 Å². The van der Waals surface area contributed by atoms with Gasteiger partial charge in [0.2, 0.25) is 0 Å². The summed E-state index contributed by atoms with van der Waals surface area (Å²) < 4.78 is 1.21. The predicted octanol–water partition coefficient (Wildman–Crippen LogP) is 5.07. The topological polar surface area (TPSA) is 12.9 Å². The third-order valence-corrected chi connectivity index (χ3v) is 5.36. The third kappa shape index (κ3) is 2.18. The van der Waals surface area contributed by atoms with Crippen LogP contribution in [0.4, 0.5) is 0 Å². The molecule has 3 rings (SSSR count). The lowest BCUT2D eigenvalue weighted by Crippen LogP contribution is -1.86. The van der Waals surface area contributed by atoms with Gasteiger partial charge in [0, 0.05) is 21.3 Å². The fourth-order valence-corrected chi connectivity index (χ4v) is 3.17. The summed E-state index contributed by atoms with van der Waals surface area (Å²) >= 11 is 5.38. The summed E-state index contributed by atoms with van der Waals surface area (Å²) in [5.74, 6) is 0.748. The van der Waals surface area contributed by atoms with Crippen LogP contribution in [0.3, 0.4) is 0 Å². The van der Waals surface area contributed by atoms with Crippen molar-refractivity contribution in [2.75, 3.05) is 0 Å². The van der Waals surface area contributed by atoms with Crippen molar-refractivity contribution >= 4 is 27.3 Å². The molecule has 1 aromatic carbocycles. The summed E-state index contributed by atoms with van der Waals surface area (Å²) in [6.45, 7) is 4.27. The van der Waals surface area contributed by atoms with Gasteiger partial charge in [-0.15, -0.1) is 11.3 Å². The second kappa shape index (κ2) is 4.21. The van der Waals surface area contributed by atoms with Gasteiger partial charge in [-0.3, -0.25) is 0 Å². The SMILES string of the molecule is Cc1cc(-c2nc(C3CC3)cs2)cc(C)c1Br. The maximum atomic E-state index is 4.76. The van der Waals surface area contributed by atoms with Gasteiger partial charge < -0.3 is 0 Å². The Bertz CT molecular complexity index is 546. The molecule has 0 N–H and O–H groups in total. The van der Waals surface area contributed by atoms with E-state index in [1.807, 2.05) is 0 Å². The first kappa shape index (κ1) is 11.4. The number of thiazole rings is 1. The Morgan fingerprint density at radius 1 is 1.24 bits per heavy atom. The lowest BCUT2D eigenvalue weighted by molar-refractivity contribution is 1.05. The van der Waals surface area contributed by atoms with E-state index in [1.54, 1.807) is 11.3 Å². The molecule has 3 heteroatoms. The molecule has 1 fully saturated rings. The molecule has 1 aliphatic rings. The van der Waals surface area contributed by atoms with E-state index in [0.29, 0.717) is 0 Å². The molecule has 0 bridgehead atoms. The van der Waals surface area contributed by atoms with Crippen LogP contribution in [0.1, 0.15) is 35.6 Å². The monoisotopic (exact) mass is 307 g/mol. The van der Waals surface area contributed by atoms with Crippen molar-refractivity contribution in [1.29, 1.82) is 0 Å². The molecule has 1 nitrogen and oxygen atoms in total. The van der Waals surface area contributed by atoms with Gasteiger partial charge in [0.05, 0.1) is 5.69 Å². The van der Waals surface area contributed by atoms with Crippen LogP contribution in [0, 0.1) is 13.8 Å². The number of hydrogen-bond donors (Lipinski definition) is 0. The Labute approximate surface area is 114 Å². The molecule has 1 aromatic heterocycles. The second-order valence-electron chi connectivity index (χ2n) is 4.78. The van der Waals surface area contributed by atoms with Crippen LogP contribution in [0.25, 0.3) is 10.6 Å². The van der Waals surface area contributed by atoms with Gasteiger partial charge >= 0.3 is 0 Å². The lowest BCUT2D eigenvalue weighted by atomic mass is 10.1. The second-order valence-corrected chi connectivity index (χ2v) is 6.43. The van der Waals surface area contributed by atoms with E-state index in [0.717, 1.165) is 10.9 Å². The fraction of sp³-hybridized carbons (Fsp3) is 0.357. The highest BCUT2D eigenvalue weighted by atomic mass is 79.9. The Hall–Kier alpha value is -0.670. The van der Waals surface area contributed by atoms with Crippen LogP contribution in [-0.2, 0) is 0 Å². The first-order valence-electron chi connectivity index (χ1n) is 5.87. The quantitative estimate of drug-likeness (QED) is 0.755. The summed E-state index contributed by atoms with van der Waals surface area (Å²) in [6, 6.07) is 4.43. The average molecular weight is 308 g/mol. The number of nitrogens with zero attached hydrogens (tertiary/aromatic N) is 1. The summed E-state index contributed by atoms with van der Waals surface area (Å²) in [5, 5.41) is 3.38. The molecular weight excluding hydrogens is 294 g/mol. The summed E-state index contributed by atoms with van der Waals surface area (Å²) in [4.78, 5) is 4.76. The highest BCUT2D eigenvalue weighted by Gasteiger charge is 2.26. The van der Waals surface area contributed by atoms with Crippen molar-refractivity contribution in [3.63, 3.8) is 0 Å². The molecule has 1 saturated carbocycles. The number of aryl methyl sites for hydroxylation is 2. The molecule has 17 heavy (non-hydrogen) atoms. The minimum Gasteiger partial charge on any atom is -0.241 e. The Balaban J connectivity index is 2.01. The van der Waals surface area contributed by atoms with Crippen molar-refractivity contribution < 1.29 is 0 Å². The molecular formula is C14H14BrNS. The maximum absolute atomic E-state index is 4.76. The number of halogens is 1. The largest absolute Gasteiger partial charge is 0.241 e. The van der Waals surface area contributed by atoms with E-state index >= 15 is 0 Å². The number of benzene rings is 1. The Morgan fingerprint density at radius 2 is 1.88 bits per heavy atom. The van der Waals surface area contributed by atoms with Crippen LogP contribution in [0.5, 0.6) is 0 Å². The van der Waals surface area contributed by atoms with E-state index < -0.39 is 0 Å².